The van der Waals surface area contributed by atoms with E-state index in [2.05, 4.69) is 5.32 Å². The van der Waals surface area contributed by atoms with Gasteiger partial charge in [0.1, 0.15) is 5.75 Å². The molecule has 0 aliphatic carbocycles. The average molecular weight is 297 g/mol. The van der Waals surface area contributed by atoms with Gasteiger partial charge in [-0.1, -0.05) is 17.7 Å². The number of benzene rings is 1. The third-order valence-electron chi connectivity index (χ3n) is 3.57. The summed E-state index contributed by atoms with van der Waals surface area (Å²) in [4.78, 5) is 13.8. The second kappa shape index (κ2) is 7.50. The van der Waals surface area contributed by atoms with Gasteiger partial charge < -0.3 is 15.0 Å². The monoisotopic (exact) mass is 296 g/mol. The van der Waals surface area contributed by atoms with Gasteiger partial charge in [-0.2, -0.15) is 0 Å². The first-order chi connectivity index (χ1) is 9.72. The van der Waals surface area contributed by atoms with Crippen molar-refractivity contribution in [2.45, 2.75) is 25.8 Å². The van der Waals surface area contributed by atoms with Gasteiger partial charge in [0, 0.05) is 43.2 Å². The SMILES string of the molecule is COc1cccc(Cl)c1CNCCC(=O)N1CCCC1. The summed E-state index contributed by atoms with van der Waals surface area (Å²) in [5.74, 6) is 1.01. The molecule has 1 fully saturated rings. The number of nitrogens with zero attached hydrogens (tertiary/aromatic N) is 1. The Balaban J connectivity index is 1.77. The Morgan fingerprint density at radius 3 is 2.85 bits per heavy atom. The quantitative estimate of drug-likeness (QED) is 0.820. The zero-order chi connectivity index (χ0) is 14.4. The molecule has 1 N–H and O–H groups in total. The molecule has 0 spiro atoms. The molecule has 1 aliphatic heterocycles. The third-order valence-corrected chi connectivity index (χ3v) is 3.93. The van der Waals surface area contributed by atoms with Gasteiger partial charge in [0.15, 0.2) is 0 Å². The van der Waals surface area contributed by atoms with Crippen molar-refractivity contribution in [3.63, 3.8) is 0 Å². The topological polar surface area (TPSA) is 41.6 Å². The Morgan fingerprint density at radius 2 is 2.15 bits per heavy atom. The van der Waals surface area contributed by atoms with Crippen LogP contribution in [0.15, 0.2) is 18.2 Å². The summed E-state index contributed by atoms with van der Waals surface area (Å²) in [6.45, 7) is 3.09. The first kappa shape index (κ1) is 15.1. The van der Waals surface area contributed by atoms with Crippen LogP contribution in [0, 0.1) is 0 Å². The molecule has 0 atom stereocenters. The number of likely N-dealkylation sites (tertiary alicyclic amines) is 1. The van der Waals surface area contributed by atoms with Gasteiger partial charge in [0.25, 0.3) is 0 Å². The molecule has 1 amide bonds. The molecule has 110 valence electrons. The Labute approximate surface area is 125 Å². The van der Waals surface area contributed by atoms with E-state index >= 15 is 0 Å². The highest BCUT2D eigenvalue weighted by molar-refractivity contribution is 6.31. The lowest BCUT2D eigenvalue weighted by atomic mass is 10.2. The van der Waals surface area contributed by atoms with Crippen LogP contribution in [-0.4, -0.2) is 37.6 Å². The number of ether oxygens (including phenoxy) is 1. The molecule has 4 nitrogen and oxygen atoms in total. The van der Waals surface area contributed by atoms with Crippen LogP contribution in [0.3, 0.4) is 0 Å². The maximum absolute atomic E-state index is 11.9. The summed E-state index contributed by atoms with van der Waals surface area (Å²) >= 11 is 6.16. The van der Waals surface area contributed by atoms with Crippen molar-refractivity contribution >= 4 is 17.5 Å². The fourth-order valence-electron chi connectivity index (χ4n) is 2.44. The van der Waals surface area contributed by atoms with Crippen LogP contribution in [0.25, 0.3) is 0 Å². The van der Waals surface area contributed by atoms with Gasteiger partial charge in [-0.05, 0) is 25.0 Å². The lowest BCUT2D eigenvalue weighted by Crippen LogP contribution is -2.30. The molecule has 0 unspecified atom stereocenters. The van der Waals surface area contributed by atoms with Crippen LogP contribution < -0.4 is 10.1 Å². The molecule has 1 aromatic carbocycles. The Kier molecular flexibility index (Phi) is 5.68. The number of rotatable bonds is 6. The maximum Gasteiger partial charge on any atom is 0.223 e. The van der Waals surface area contributed by atoms with Gasteiger partial charge in [-0.25, -0.2) is 0 Å². The van der Waals surface area contributed by atoms with Crippen molar-refractivity contribution in [2.24, 2.45) is 0 Å². The van der Waals surface area contributed by atoms with Crippen molar-refractivity contribution < 1.29 is 9.53 Å². The minimum Gasteiger partial charge on any atom is -0.496 e. The van der Waals surface area contributed by atoms with Crippen LogP contribution in [0.5, 0.6) is 5.75 Å². The van der Waals surface area contributed by atoms with E-state index in [9.17, 15) is 4.79 Å². The van der Waals surface area contributed by atoms with E-state index in [1.807, 2.05) is 23.1 Å². The molecule has 1 heterocycles. The minimum absolute atomic E-state index is 0.237. The van der Waals surface area contributed by atoms with Crippen LogP contribution in [0.1, 0.15) is 24.8 Å². The Morgan fingerprint density at radius 1 is 1.40 bits per heavy atom. The smallest absolute Gasteiger partial charge is 0.223 e. The first-order valence-electron chi connectivity index (χ1n) is 7.02. The van der Waals surface area contributed by atoms with Gasteiger partial charge in [-0.3, -0.25) is 4.79 Å². The van der Waals surface area contributed by atoms with E-state index < -0.39 is 0 Å². The van der Waals surface area contributed by atoms with E-state index in [0.717, 1.165) is 37.2 Å². The lowest BCUT2D eigenvalue weighted by Gasteiger charge is -2.15. The normalized spacial score (nSPS) is 14.6. The lowest BCUT2D eigenvalue weighted by molar-refractivity contribution is -0.130. The van der Waals surface area contributed by atoms with E-state index in [-0.39, 0.29) is 5.91 Å². The van der Waals surface area contributed by atoms with Crippen LogP contribution in [0.2, 0.25) is 5.02 Å². The van der Waals surface area contributed by atoms with Crippen LogP contribution in [-0.2, 0) is 11.3 Å². The predicted molar refractivity (Wildman–Crippen MR) is 80.1 cm³/mol. The molecule has 0 radical (unpaired) electrons. The molecule has 1 aliphatic rings. The largest absolute Gasteiger partial charge is 0.496 e. The molecule has 5 heteroatoms. The fourth-order valence-corrected chi connectivity index (χ4v) is 2.67. The second-order valence-electron chi connectivity index (χ2n) is 4.94. The number of carbonyl (C=O) groups is 1. The zero-order valence-electron chi connectivity index (χ0n) is 11.8. The standard InChI is InChI=1S/C15H21ClN2O2/c1-20-14-6-4-5-13(16)12(14)11-17-8-7-15(19)18-9-2-3-10-18/h4-6,17H,2-3,7-11H2,1H3. The van der Waals surface area contributed by atoms with E-state index in [4.69, 9.17) is 16.3 Å². The molecule has 0 aromatic heterocycles. The number of nitrogens with one attached hydrogen (secondary N) is 1. The number of carbonyl (C=O) groups excluding carboxylic acids is 1. The van der Waals surface area contributed by atoms with Gasteiger partial charge >= 0.3 is 0 Å². The van der Waals surface area contributed by atoms with E-state index in [1.165, 1.54) is 0 Å². The molecule has 0 saturated carbocycles. The summed E-state index contributed by atoms with van der Waals surface area (Å²) in [7, 11) is 1.63. The maximum atomic E-state index is 11.9. The van der Waals surface area contributed by atoms with Crippen molar-refractivity contribution in [1.82, 2.24) is 10.2 Å². The Hall–Kier alpha value is -1.26. The van der Waals surface area contributed by atoms with Crippen LogP contribution >= 0.6 is 11.6 Å². The van der Waals surface area contributed by atoms with Crippen LogP contribution in [0.4, 0.5) is 0 Å². The summed E-state index contributed by atoms with van der Waals surface area (Å²) in [5, 5.41) is 3.94. The summed E-state index contributed by atoms with van der Waals surface area (Å²) in [6, 6.07) is 5.59. The van der Waals surface area contributed by atoms with Crippen molar-refractivity contribution in [3.8, 4) is 5.75 Å². The zero-order valence-corrected chi connectivity index (χ0v) is 12.6. The van der Waals surface area contributed by atoms with Gasteiger partial charge in [0.2, 0.25) is 5.91 Å². The van der Waals surface area contributed by atoms with Gasteiger partial charge in [-0.15, -0.1) is 0 Å². The summed E-state index contributed by atoms with van der Waals surface area (Å²) < 4.78 is 5.29. The Bertz CT molecular complexity index is 459. The number of amides is 1. The molecule has 1 aromatic rings. The third kappa shape index (κ3) is 3.87. The molecule has 1 saturated heterocycles. The van der Waals surface area contributed by atoms with Crippen molar-refractivity contribution in [2.75, 3.05) is 26.7 Å². The van der Waals surface area contributed by atoms with Crippen molar-refractivity contribution in [1.29, 1.82) is 0 Å². The van der Waals surface area contributed by atoms with E-state index in [1.54, 1.807) is 7.11 Å². The number of methoxy groups -OCH3 is 1. The first-order valence-corrected chi connectivity index (χ1v) is 7.40. The highest BCUT2D eigenvalue weighted by Gasteiger charge is 2.17. The highest BCUT2D eigenvalue weighted by atomic mass is 35.5. The molecular formula is C15H21ClN2O2. The minimum atomic E-state index is 0.237. The summed E-state index contributed by atoms with van der Waals surface area (Å²) in [5.41, 5.74) is 0.935. The highest BCUT2D eigenvalue weighted by Crippen LogP contribution is 2.25. The molecule has 20 heavy (non-hydrogen) atoms. The van der Waals surface area contributed by atoms with Gasteiger partial charge in [0.05, 0.1) is 7.11 Å². The molecule has 0 bridgehead atoms. The second-order valence-corrected chi connectivity index (χ2v) is 5.34. The number of hydrogen-bond acceptors (Lipinski definition) is 3. The van der Waals surface area contributed by atoms with Crippen molar-refractivity contribution in [3.05, 3.63) is 28.8 Å². The van der Waals surface area contributed by atoms with E-state index in [0.29, 0.717) is 24.5 Å². The summed E-state index contributed by atoms with van der Waals surface area (Å²) in [6.07, 6.45) is 2.80. The molecular weight excluding hydrogens is 276 g/mol. The number of halogens is 1. The average Bonchev–Trinajstić information content (AvgIpc) is 2.98. The fraction of sp³-hybridized carbons (Fsp3) is 0.533. The number of hydrogen-bond donors (Lipinski definition) is 1. The molecule has 2 rings (SSSR count). The predicted octanol–water partition coefficient (Wildman–Crippen LogP) is 2.45.